The highest BCUT2D eigenvalue weighted by Gasteiger charge is 2.24. The molecule has 3 atom stereocenters. The molecule has 2 amide bonds. The van der Waals surface area contributed by atoms with Crippen LogP contribution in [-0.2, 0) is 6.54 Å². The summed E-state index contributed by atoms with van der Waals surface area (Å²) in [4.78, 5) is 30.5. The first-order valence-corrected chi connectivity index (χ1v) is 11.2. The van der Waals surface area contributed by atoms with E-state index >= 15 is 0 Å². The van der Waals surface area contributed by atoms with E-state index in [0.29, 0.717) is 31.4 Å². The number of aromatic nitrogens is 2. The van der Waals surface area contributed by atoms with Gasteiger partial charge in [-0.1, -0.05) is 12.1 Å². The second-order valence-corrected chi connectivity index (χ2v) is 8.60. The predicted molar refractivity (Wildman–Crippen MR) is 124 cm³/mol. The Balaban J connectivity index is 1.35. The number of urea groups is 1. The molecule has 1 aliphatic carbocycles. The lowest BCUT2D eigenvalue weighted by atomic mass is 9.88. The molecule has 0 radical (unpaired) electrons. The SMILES string of the molecule is N[C@@H]1CC(NCc2ccc(-n3ccc(NC(=O)N4CCNCC4)nc3=O)cc2)C[C@H](N)C1. The largest absolute Gasteiger partial charge is 0.354 e. The maximum Gasteiger partial charge on any atom is 0.354 e. The summed E-state index contributed by atoms with van der Waals surface area (Å²) in [5, 5.41) is 9.43. The highest BCUT2D eigenvalue weighted by atomic mass is 16.2. The van der Waals surface area contributed by atoms with Gasteiger partial charge in [0, 0.05) is 57.0 Å². The fraction of sp³-hybridized carbons (Fsp3) is 0.500. The van der Waals surface area contributed by atoms with Crippen molar-refractivity contribution in [2.45, 2.75) is 43.9 Å². The zero-order chi connectivity index (χ0) is 22.5. The number of benzene rings is 1. The van der Waals surface area contributed by atoms with Crippen LogP contribution in [0.5, 0.6) is 0 Å². The number of anilines is 1. The Morgan fingerprint density at radius 2 is 1.75 bits per heavy atom. The van der Waals surface area contributed by atoms with E-state index in [9.17, 15) is 9.59 Å². The third-order valence-corrected chi connectivity index (χ3v) is 6.03. The number of carbonyl (C=O) groups is 1. The van der Waals surface area contributed by atoms with Gasteiger partial charge in [0.15, 0.2) is 0 Å². The fourth-order valence-corrected chi connectivity index (χ4v) is 4.34. The van der Waals surface area contributed by atoms with Crippen molar-refractivity contribution in [3.8, 4) is 5.69 Å². The number of rotatable bonds is 5. The van der Waals surface area contributed by atoms with E-state index in [0.717, 1.165) is 37.9 Å². The van der Waals surface area contributed by atoms with Crippen LogP contribution in [0.15, 0.2) is 41.3 Å². The summed E-state index contributed by atoms with van der Waals surface area (Å²) in [6.45, 7) is 3.49. The van der Waals surface area contributed by atoms with E-state index in [2.05, 4.69) is 20.9 Å². The summed E-state index contributed by atoms with van der Waals surface area (Å²) in [5.74, 6) is 0.250. The van der Waals surface area contributed by atoms with Crippen LogP contribution in [0.25, 0.3) is 5.69 Å². The Morgan fingerprint density at radius 3 is 2.41 bits per heavy atom. The second-order valence-electron chi connectivity index (χ2n) is 8.60. The summed E-state index contributed by atoms with van der Waals surface area (Å²) in [5.41, 5.74) is 13.5. The van der Waals surface area contributed by atoms with Gasteiger partial charge in [-0.25, -0.2) is 9.59 Å². The van der Waals surface area contributed by atoms with Gasteiger partial charge in [-0.2, -0.15) is 4.98 Å². The standard InChI is InChI=1S/C22H32N8O2/c23-16-11-17(24)13-18(12-16)26-14-15-1-3-19(4-2-15)30-8-5-20(28-22(30)32)27-21(31)29-9-6-25-7-10-29/h1-5,8,16-18,25-26H,6-7,9-14,23-24H2,(H,27,28,31,32)/t16-,17+,18?. The third kappa shape index (κ3) is 5.71. The molecule has 1 saturated heterocycles. The molecular formula is C22H32N8O2. The first kappa shape index (κ1) is 22.4. The molecule has 10 heteroatoms. The van der Waals surface area contributed by atoms with Gasteiger partial charge in [0.05, 0.1) is 5.69 Å². The van der Waals surface area contributed by atoms with Gasteiger partial charge in [-0.3, -0.25) is 9.88 Å². The molecule has 1 aliphatic heterocycles. The van der Waals surface area contributed by atoms with Crippen molar-refractivity contribution in [3.05, 3.63) is 52.6 Å². The maximum atomic E-state index is 12.5. The minimum Gasteiger partial charge on any atom is -0.328 e. The van der Waals surface area contributed by atoms with Gasteiger partial charge in [0.25, 0.3) is 0 Å². The summed E-state index contributed by atoms with van der Waals surface area (Å²) in [7, 11) is 0. The van der Waals surface area contributed by atoms with E-state index in [1.54, 1.807) is 17.2 Å². The molecule has 172 valence electrons. The number of carbonyl (C=O) groups excluding carboxylic acids is 1. The smallest absolute Gasteiger partial charge is 0.328 e. The van der Waals surface area contributed by atoms with Gasteiger partial charge in [-0.05, 0) is 43.0 Å². The highest BCUT2D eigenvalue weighted by molar-refractivity contribution is 5.88. The molecule has 7 N–H and O–H groups in total. The van der Waals surface area contributed by atoms with Crippen LogP contribution in [0.1, 0.15) is 24.8 Å². The minimum atomic E-state index is -0.445. The zero-order valence-electron chi connectivity index (χ0n) is 18.2. The topological polar surface area (TPSA) is 143 Å². The van der Waals surface area contributed by atoms with Crippen LogP contribution in [0.3, 0.4) is 0 Å². The van der Waals surface area contributed by atoms with Crippen molar-refractivity contribution in [1.82, 2.24) is 25.1 Å². The first-order valence-electron chi connectivity index (χ1n) is 11.2. The highest BCUT2D eigenvalue weighted by Crippen LogP contribution is 2.17. The van der Waals surface area contributed by atoms with Crippen molar-refractivity contribution in [2.24, 2.45) is 11.5 Å². The summed E-state index contributed by atoms with van der Waals surface area (Å²) in [6.07, 6.45) is 4.38. The molecule has 2 aromatic rings. The second kappa shape index (κ2) is 10.2. The van der Waals surface area contributed by atoms with E-state index in [4.69, 9.17) is 11.5 Å². The lowest BCUT2D eigenvalue weighted by molar-refractivity contribution is 0.204. The van der Waals surface area contributed by atoms with Crippen LogP contribution < -0.4 is 33.1 Å². The van der Waals surface area contributed by atoms with Gasteiger partial charge in [0.2, 0.25) is 0 Å². The quantitative estimate of drug-likeness (QED) is 0.439. The fourth-order valence-electron chi connectivity index (χ4n) is 4.34. The van der Waals surface area contributed by atoms with E-state index in [1.807, 2.05) is 24.3 Å². The van der Waals surface area contributed by atoms with Crippen molar-refractivity contribution in [3.63, 3.8) is 0 Å². The molecular weight excluding hydrogens is 408 g/mol. The number of nitrogens with one attached hydrogen (secondary N) is 3. The lowest BCUT2D eigenvalue weighted by Crippen LogP contribution is -2.48. The molecule has 2 fully saturated rings. The zero-order valence-corrected chi connectivity index (χ0v) is 18.2. The molecule has 1 saturated carbocycles. The molecule has 2 aliphatic rings. The monoisotopic (exact) mass is 440 g/mol. The average Bonchev–Trinajstić information content (AvgIpc) is 2.78. The van der Waals surface area contributed by atoms with E-state index in [1.165, 1.54) is 4.57 Å². The van der Waals surface area contributed by atoms with Gasteiger partial charge < -0.3 is 27.0 Å². The van der Waals surface area contributed by atoms with Gasteiger partial charge in [0.1, 0.15) is 5.82 Å². The lowest BCUT2D eigenvalue weighted by Gasteiger charge is -2.31. The van der Waals surface area contributed by atoms with Crippen LogP contribution in [0.4, 0.5) is 10.6 Å². The Kier molecular flexibility index (Phi) is 7.15. The Morgan fingerprint density at radius 1 is 1.06 bits per heavy atom. The summed E-state index contributed by atoms with van der Waals surface area (Å²) in [6, 6.07) is 9.76. The van der Waals surface area contributed by atoms with Crippen molar-refractivity contribution in [1.29, 1.82) is 0 Å². The molecule has 1 aromatic heterocycles. The third-order valence-electron chi connectivity index (χ3n) is 6.03. The summed E-state index contributed by atoms with van der Waals surface area (Å²) >= 11 is 0. The minimum absolute atomic E-state index is 0.155. The van der Waals surface area contributed by atoms with Crippen LogP contribution in [-0.4, -0.2) is 64.8 Å². The number of nitrogens with two attached hydrogens (primary N) is 2. The average molecular weight is 441 g/mol. The van der Waals surface area contributed by atoms with Gasteiger partial charge >= 0.3 is 11.7 Å². The molecule has 32 heavy (non-hydrogen) atoms. The molecule has 0 bridgehead atoms. The van der Waals surface area contributed by atoms with Crippen LogP contribution >= 0.6 is 0 Å². The normalized spacial score (nSPS) is 23.7. The molecule has 10 nitrogen and oxygen atoms in total. The van der Waals surface area contributed by atoms with Gasteiger partial charge in [-0.15, -0.1) is 0 Å². The molecule has 0 spiro atoms. The van der Waals surface area contributed by atoms with Crippen LogP contribution in [0.2, 0.25) is 0 Å². The number of nitrogens with zero attached hydrogens (tertiary/aromatic N) is 3. The van der Waals surface area contributed by atoms with E-state index < -0.39 is 5.69 Å². The molecule has 1 aromatic carbocycles. The van der Waals surface area contributed by atoms with Crippen LogP contribution in [0, 0.1) is 0 Å². The first-order chi connectivity index (χ1) is 15.5. The number of hydrogen-bond acceptors (Lipinski definition) is 7. The number of piperazine rings is 1. The molecule has 1 unspecified atom stereocenters. The Labute approximate surface area is 187 Å². The molecule has 2 heterocycles. The molecule has 4 rings (SSSR count). The van der Waals surface area contributed by atoms with Crippen molar-refractivity contribution in [2.75, 3.05) is 31.5 Å². The number of amides is 2. The van der Waals surface area contributed by atoms with E-state index in [-0.39, 0.29) is 23.9 Å². The van der Waals surface area contributed by atoms with Crippen molar-refractivity contribution < 1.29 is 4.79 Å². The van der Waals surface area contributed by atoms with Crippen molar-refractivity contribution >= 4 is 11.8 Å². The summed E-state index contributed by atoms with van der Waals surface area (Å²) < 4.78 is 1.46. The Hall–Kier alpha value is -2.79. The predicted octanol–water partition coefficient (Wildman–Crippen LogP) is -0.0337. The number of hydrogen-bond donors (Lipinski definition) is 5. The maximum absolute atomic E-state index is 12.5. The Bertz CT molecular complexity index is 961.